The van der Waals surface area contributed by atoms with Crippen molar-refractivity contribution in [2.75, 3.05) is 46.0 Å². The van der Waals surface area contributed by atoms with Crippen molar-refractivity contribution >= 4 is 40.5 Å². The van der Waals surface area contributed by atoms with Crippen molar-refractivity contribution in [2.45, 2.75) is 6.42 Å². The van der Waals surface area contributed by atoms with Gasteiger partial charge in [-0.2, -0.15) is 0 Å². The number of primary amides is 1. The highest BCUT2D eigenvalue weighted by Gasteiger charge is 2.33. The third kappa shape index (κ3) is 6.69. The van der Waals surface area contributed by atoms with Gasteiger partial charge in [0.2, 0.25) is 0 Å². The number of thioether (sulfide) groups is 1. The number of carbonyl (C=O) groups is 2. The largest absolute Gasteiger partial charge is 0.484 e. The Balaban J connectivity index is 1.48. The van der Waals surface area contributed by atoms with E-state index in [0.717, 1.165) is 50.5 Å². The molecule has 2 heterocycles. The summed E-state index contributed by atoms with van der Waals surface area (Å²) in [4.78, 5) is 33.7. The van der Waals surface area contributed by atoms with E-state index in [0.29, 0.717) is 22.4 Å². The number of aliphatic imine (C=N–C) groups is 1. The molecule has 2 amide bonds. The summed E-state index contributed by atoms with van der Waals surface area (Å²) >= 11 is 1.38. The standard InChI is InChI=1S/C25H28N4O4S/c26-23(30)18-33-21-9-7-19(8-10-21)17-22-24(31)29(12-4-11-28-13-15-32-16-14-28)25(34-22)27-20-5-2-1-3-6-20/h1-3,5-10,17H,4,11-16,18H2,(H2,26,30)/b22-17-,27-25?. The number of para-hydroxylation sites is 1. The van der Waals surface area contributed by atoms with Gasteiger partial charge in [0.25, 0.3) is 11.8 Å². The van der Waals surface area contributed by atoms with Gasteiger partial charge in [0, 0.05) is 26.2 Å². The summed E-state index contributed by atoms with van der Waals surface area (Å²) in [6.07, 6.45) is 2.71. The summed E-state index contributed by atoms with van der Waals surface area (Å²) in [6.45, 7) is 4.73. The van der Waals surface area contributed by atoms with Crippen LogP contribution in [0.2, 0.25) is 0 Å². The van der Waals surface area contributed by atoms with Crippen LogP contribution < -0.4 is 10.5 Å². The molecule has 2 aromatic rings. The van der Waals surface area contributed by atoms with Crippen molar-refractivity contribution in [2.24, 2.45) is 10.7 Å². The molecule has 0 bridgehead atoms. The number of benzene rings is 2. The highest BCUT2D eigenvalue weighted by molar-refractivity contribution is 8.18. The smallest absolute Gasteiger partial charge is 0.266 e. The molecule has 34 heavy (non-hydrogen) atoms. The summed E-state index contributed by atoms with van der Waals surface area (Å²) in [5, 5.41) is 0.686. The van der Waals surface area contributed by atoms with Crippen molar-refractivity contribution in [1.29, 1.82) is 0 Å². The third-order valence-corrected chi connectivity index (χ3v) is 6.39. The van der Waals surface area contributed by atoms with Crippen molar-refractivity contribution in [3.05, 3.63) is 65.1 Å². The minimum atomic E-state index is -0.530. The zero-order chi connectivity index (χ0) is 23.8. The molecule has 2 aliphatic rings. The first-order chi connectivity index (χ1) is 16.6. The molecular weight excluding hydrogens is 452 g/mol. The fourth-order valence-electron chi connectivity index (χ4n) is 3.64. The SMILES string of the molecule is NC(=O)COc1ccc(/C=C2\SC(=Nc3ccccc3)N(CCCN3CCOCC3)C2=O)cc1. The summed E-state index contributed by atoms with van der Waals surface area (Å²) < 4.78 is 10.7. The topological polar surface area (TPSA) is 97.5 Å². The number of ether oxygens (including phenoxy) is 2. The van der Waals surface area contributed by atoms with Crippen LogP contribution in [0, 0.1) is 0 Å². The number of amides is 2. The predicted molar refractivity (Wildman–Crippen MR) is 134 cm³/mol. The molecule has 2 N–H and O–H groups in total. The Morgan fingerprint density at radius 3 is 2.53 bits per heavy atom. The van der Waals surface area contributed by atoms with Crippen molar-refractivity contribution in [1.82, 2.24) is 9.80 Å². The summed E-state index contributed by atoms with van der Waals surface area (Å²) in [5.41, 5.74) is 6.79. The van der Waals surface area contributed by atoms with Crippen LogP contribution in [0.5, 0.6) is 5.75 Å². The molecule has 0 saturated carbocycles. The van der Waals surface area contributed by atoms with E-state index in [1.54, 1.807) is 17.0 Å². The molecular formula is C25H28N4O4S. The van der Waals surface area contributed by atoms with Crippen LogP contribution in [0.25, 0.3) is 6.08 Å². The van der Waals surface area contributed by atoms with Gasteiger partial charge in [-0.25, -0.2) is 4.99 Å². The molecule has 0 aliphatic carbocycles. The van der Waals surface area contributed by atoms with Gasteiger partial charge >= 0.3 is 0 Å². The molecule has 0 aromatic heterocycles. The van der Waals surface area contributed by atoms with Crippen LogP contribution in [-0.2, 0) is 14.3 Å². The molecule has 0 radical (unpaired) electrons. The van der Waals surface area contributed by atoms with Gasteiger partial charge < -0.3 is 15.2 Å². The monoisotopic (exact) mass is 480 g/mol. The van der Waals surface area contributed by atoms with Gasteiger partial charge in [-0.15, -0.1) is 0 Å². The van der Waals surface area contributed by atoms with Gasteiger partial charge in [0.15, 0.2) is 11.8 Å². The van der Waals surface area contributed by atoms with Gasteiger partial charge in [0.1, 0.15) is 5.75 Å². The summed E-state index contributed by atoms with van der Waals surface area (Å²) in [6, 6.07) is 16.8. The normalized spacial score (nSPS) is 19.2. The van der Waals surface area contributed by atoms with Crippen LogP contribution in [-0.4, -0.2) is 72.8 Å². The maximum atomic E-state index is 13.3. The minimum Gasteiger partial charge on any atom is -0.484 e. The van der Waals surface area contributed by atoms with E-state index in [1.807, 2.05) is 48.5 Å². The Labute approximate surface area is 203 Å². The zero-order valence-electron chi connectivity index (χ0n) is 18.9. The molecule has 2 saturated heterocycles. The number of hydrogen-bond acceptors (Lipinski definition) is 7. The average Bonchev–Trinajstić information content (AvgIpc) is 3.14. The Morgan fingerprint density at radius 2 is 1.82 bits per heavy atom. The number of nitrogens with two attached hydrogens (primary N) is 1. The Morgan fingerprint density at radius 1 is 1.09 bits per heavy atom. The molecule has 2 aliphatic heterocycles. The molecule has 0 unspecified atom stereocenters. The fraction of sp³-hybridized carbons (Fsp3) is 0.320. The van der Waals surface area contributed by atoms with E-state index in [-0.39, 0.29) is 12.5 Å². The third-order valence-electron chi connectivity index (χ3n) is 5.39. The number of carbonyl (C=O) groups excluding carboxylic acids is 2. The lowest BCUT2D eigenvalue weighted by Crippen LogP contribution is -2.38. The number of morpholine rings is 1. The van der Waals surface area contributed by atoms with Crippen LogP contribution in [0.4, 0.5) is 5.69 Å². The zero-order valence-corrected chi connectivity index (χ0v) is 19.7. The second-order valence-corrected chi connectivity index (χ2v) is 8.94. The number of amidine groups is 1. The highest BCUT2D eigenvalue weighted by Crippen LogP contribution is 2.34. The van der Waals surface area contributed by atoms with Crippen molar-refractivity contribution in [3.63, 3.8) is 0 Å². The first-order valence-electron chi connectivity index (χ1n) is 11.2. The first-order valence-corrected chi connectivity index (χ1v) is 12.1. The molecule has 2 fully saturated rings. The van der Waals surface area contributed by atoms with Crippen LogP contribution >= 0.6 is 11.8 Å². The van der Waals surface area contributed by atoms with E-state index in [9.17, 15) is 9.59 Å². The highest BCUT2D eigenvalue weighted by atomic mass is 32.2. The number of hydrogen-bond donors (Lipinski definition) is 1. The second kappa shape index (κ2) is 11.8. The molecule has 4 rings (SSSR count). The fourth-order valence-corrected chi connectivity index (χ4v) is 4.67. The Hall–Kier alpha value is -3.14. The maximum absolute atomic E-state index is 13.3. The Kier molecular flexibility index (Phi) is 8.35. The van der Waals surface area contributed by atoms with Crippen molar-refractivity contribution < 1.29 is 19.1 Å². The minimum absolute atomic E-state index is 0.0456. The lowest BCUT2D eigenvalue weighted by atomic mass is 10.2. The summed E-state index contributed by atoms with van der Waals surface area (Å²) in [7, 11) is 0. The predicted octanol–water partition coefficient (Wildman–Crippen LogP) is 2.88. The van der Waals surface area contributed by atoms with E-state index >= 15 is 0 Å². The molecule has 178 valence electrons. The molecule has 2 aromatic carbocycles. The van der Waals surface area contributed by atoms with Crippen LogP contribution in [0.15, 0.2) is 64.5 Å². The molecule has 0 spiro atoms. The second-order valence-electron chi connectivity index (χ2n) is 7.93. The maximum Gasteiger partial charge on any atom is 0.266 e. The van der Waals surface area contributed by atoms with Gasteiger partial charge in [-0.05, 0) is 54.1 Å². The lowest BCUT2D eigenvalue weighted by Gasteiger charge is -2.27. The van der Waals surface area contributed by atoms with E-state index in [1.165, 1.54) is 11.8 Å². The average molecular weight is 481 g/mol. The van der Waals surface area contributed by atoms with Gasteiger partial charge in [-0.3, -0.25) is 19.4 Å². The van der Waals surface area contributed by atoms with Gasteiger partial charge in [0.05, 0.1) is 23.8 Å². The van der Waals surface area contributed by atoms with E-state index in [2.05, 4.69) is 4.90 Å². The summed E-state index contributed by atoms with van der Waals surface area (Å²) in [5.74, 6) is -0.0313. The van der Waals surface area contributed by atoms with E-state index < -0.39 is 5.91 Å². The first kappa shape index (κ1) is 24.0. The van der Waals surface area contributed by atoms with Crippen molar-refractivity contribution in [3.8, 4) is 5.75 Å². The quantitative estimate of drug-likeness (QED) is 0.555. The van der Waals surface area contributed by atoms with Gasteiger partial charge in [-0.1, -0.05) is 30.3 Å². The molecule has 8 nitrogen and oxygen atoms in total. The number of rotatable bonds is 9. The van der Waals surface area contributed by atoms with Crippen LogP contribution in [0.1, 0.15) is 12.0 Å². The van der Waals surface area contributed by atoms with Crippen LogP contribution in [0.3, 0.4) is 0 Å². The lowest BCUT2D eigenvalue weighted by molar-refractivity contribution is -0.122. The Bertz CT molecular complexity index is 1050. The van der Waals surface area contributed by atoms with E-state index in [4.69, 9.17) is 20.2 Å². The molecule has 0 atom stereocenters. The molecule has 9 heteroatoms. The number of nitrogens with zero attached hydrogens (tertiary/aromatic N) is 3.